The van der Waals surface area contributed by atoms with Crippen LogP contribution in [0.3, 0.4) is 0 Å². The van der Waals surface area contributed by atoms with Crippen LogP contribution in [0.25, 0.3) is 0 Å². The van der Waals surface area contributed by atoms with E-state index in [4.69, 9.17) is 9.47 Å². The van der Waals surface area contributed by atoms with Crippen molar-refractivity contribution in [2.75, 3.05) is 6.61 Å². The van der Waals surface area contributed by atoms with Crippen LogP contribution >= 0.6 is 0 Å². The van der Waals surface area contributed by atoms with E-state index in [1.165, 1.54) is 6.92 Å². The van der Waals surface area contributed by atoms with Gasteiger partial charge in [0, 0.05) is 6.92 Å². The number of benzene rings is 1. The molecule has 1 fully saturated rings. The average Bonchev–Trinajstić information content (AvgIpc) is 3.10. The molecule has 0 spiro atoms. The van der Waals surface area contributed by atoms with Gasteiger partial charge in [-0.1, -0.05) is 37.3 Å². The van der Waals surface area contributed by atoms with Gasteiger partial charge in [0.2, 0.25) is 0 Å². The molecule has 0 aromatic heterocycles. The molecule has 1 saturated heterocycles. The van der Waals surface area contributed by atoms with Crippen LogP contribution in [-0.4, -0.2) is 18.7 Å². The summed E-state index contributed by atoms with van der Waals surface area (Å²) >= 11 is 0. The molecule has 1 aromatic rings. The summed E-state index contributed by atoms with van der Waals surface area (Å²) in [4.78, 5) is 11.2. The molecule has 0 aliphatic carbocycles. The van der Waals surface area contributed by atoms with Crippen LogP contribution in [0.1, 0.15) is 31.9 Å². The minimum atomic E-state index is -0.234. The van der Waals surface area contributed by atoms with Crippen molar-refractivity contribution in [3.63, 3.8) is 0 Å². The van der Waals surface area contributed by atoms with Gasteiger partial charge in [0.25, 0.3) is 0 Å². The quantitative estimate of drug-likeness (QED) is 0.581. The van der Waals surface area contributed by atoms with Crippen LogP contribution in [0.5, 0.6) is 0 Å². The Bertz CT molecular complexity index is 370. The molecule has 0 saturated carbocycles. The van der Waals surface area contributed by atoms with Crippen molar-refractivity contribution in [3.8, 4) is 0 Å². The maximum absolute atomic E-state index is 11.2. The Kier molecular flexibility index (Phi) is 3.79. The molecule has 3 heteroatoms. The molecule has 1 heterocycles. The molecule has 92 valence electrons. The van der Waals surface area contributed by atoms with E-state index in [1.807, 2.05) is 30.3 Å². The number of rotatable bonds is 5. The third-order valence-corrected chi connectivity index (χ3v) is 2.97. The molecule has 1 aliphatic rings. The van der Waals surface area contributed by atoms with Crippen molar-refractivity contribution in [2.24, 2.45) is 5.92 Å². The lowest BCUT2D eigenvalue weighted by molar-refractivity contribution is -0.149. The standard InChI is InChI=1S/C14H18O3/c1-10(8-13-9-16-13)14(17-11(2)15)12-6-4-3-5-7-12/h3-7,10,13-14H,8-9H2,1-2H3. The summed E-state index contributed by atoms with van der Waals surface area (Å²) in [6.07, 6.45) is 1.12. The lowest BCUT2D eigenvalue weighted by atomic mass is 9.93. The zero-order chi connectivity index (χ0) is 12.3. The molecular weight excluding hydrogens is 216 g/mol. The first kappa shape index (κ1) is 12.1. The Labute approximate surface area is 102 Å². The molecule has 0 N–H and O–H groups in total. The van der Waals surface area contributed by atoms with E-state index >= 15 is 0 Å². The molecule has 17 heavy (non-hydrogen) atoms. The predicted molar refractivity (Wildman–Crippen MR) is 64.5 cm³/mol. The Morgan fingerprint density at radius 1 is 1.47 bits per heavy atom. The molecule has 1 aromatic carbocycles. The minimum Gasteiger partial charge on any atom is -0.457 e. The minimum absolute atomic E-state index is 0.169. The van der Waals surface area contributed by atoms with Gasteiger partial charge in [-0.15, -0.1) is 0 Å². The van der Waals surface area contributed by atoms with Crippen molar-refractivity contribution in [3.05, 3.63) is 35.9 Å². The van der Waals surface area contributed by atoms with Gasteiger partial charge >= 0.3 is 5.97 Å². The highest BCUT2D eigenvalue weighted by Gasteiger charge is 2.30. The summed E-state index contributed by atoms with van der Waals surface area (Å²) in [7, 11) is 0. The molecule has 0 amide bonds. The van der Waals surface area contributed by atoms with E-state index in [1.54, 1.807) is 0 Å². The SMILES string of the molecule is CC(=O)OC(c1ccccc1)C(C)CC1CO1. The van der Waals surface area contributed by atoms with Crippen molar-refractivity contribution in [2.45, 2.75) is 32.5 Å². The molecule has 3 atom stereocenters. The fourth-order valence-electron chi connectivity index (χ4n) is 2.08. The Balaban J connectivity index is 2.08. The van der Waals surface area contributed by atoms with Crippen LogP contribution < -0.4 is 0 Å². The van der Waals surface area contributed by atoms with Crippen molar-refractivity contribution >= 4 is 5.97 Å². The van der Waals surface area contributed by atoms with Crippen LogP contribution in [-0.2, 0) is 14.3 Å². The molecule has 3 nitrogen and oxygen atoms in total. The van der Waals surface area contributed by atoms with Crippen LogP contribution in [0.15, 0.2) is 30.3 Å². The van der Waals surface area contributed by atoms with E-state index in [0.29, 0.717) is 6.10 Å². The number of esters is 1. The van der Waals surface area contributed by atoms with Crippen molar-refractivity contribution in [1.29, 1.82) is 0 Å². The number of ether oxygens (including phenoxy) is 2. The first-order valence-corrected chi connectivity index (χ1v) is 6.00. The highest BCUT2D eigenvalue weighted by atomic mass is 16.6. The largest absolute Gasteiger partial charge is 0.457 e. The summed E-state index contributed by atoms with van der Waals surface area (Å²) in [5.41, 5.74) is 1.05. The fraction of sp³-hybridized carbons (Fsp3) is 0.500. The van der Waals surface area contributed by atoms with E-state index in [9.17, 15) is 4.79 Å². The van der Waals surface area contributed by atoms with Gasteiger partial charge in [0.1, 0.15) is 6.10 Å². The van der Waals surface area contributed by atoms with E-state index in [0.717, 1.165) is 18.6 Å². The average molecular weight is 234 g/mol. The molecular formula is C14H18O3. The molecule has 0 bridgehead atoms. The first-order valence-electron chi connectivity index (χ1n) is 6.00. The number of carbonyl (C=O) groups excluding carboxylic acids is 1. The van der Waals surface area contributed by atoms with E-state index < -0.39 is 0 Å². The second-order valence-corrected chi connectivity index (χ2v) is 4.61. The van der Waals surface area contributed by atoms with Crippen molar-refractivity contribution < 1.29 is 14.3 Å². The zero-order valence-corrected chi connectivity index (χ0v) is 10.3. The van der Waals surface area contributed by atoms with Gasteiger partial charge < -0.3 is 9.47 Å². The Morgan fingerprint density at radius 3 is 2.65 bits per heavy atom. The van der Waals surface area contributed by atoms with Gasteiger partial charge in [0.15, 0.2) is 0 Å². The summed E-state index contributed by atoms with van der Waals surface area (Å²) in [6, 6.07) is 9.89. The summed E-state index contributed by atoms with van der Waals surface area (Å²) in [5.74, 6) is 0.0382. The molecule has 1 aliphatic heterocycles. The fourth-order valence-corrected chi connectivity index (χ4v) is 2.08. The number of epoxide rings is 1. The molecule has 3 unspecified atom stereocenters. The monoisotopic (exact) mass is 234 g/mol. The highest BCUT2D eigenvalue weighted by molar-refractivity contribution is 5.66. The van der Waals surface area contributed by atoms with Crippen LogP contribution in [0.4, 0.5) is 0 Å². The van der Waals surface area contributed by atoms with Crippen molar-refractivity contribution in [1.82, 2.24) is 0 Å². The number of hydrogen-bond acceptors (Lipinski definition) is 3. The topological polar surface area (TPSA) is 38.8 Å². The van der Waals surface area contributed by atoms with Gasteiger partial charge in [-0.25, -0.2) is 0 Å². The first-order chi connectivity index (χ1) is 8.16. The van der Waals surface area contributed by atoms with E-state index in [2.05, 4.69) is 6.92 Å². The zero-order valence-electron chi connectivity index (χ0n) is 10.3. The lowest BCUT2D eigenvalue weighted by Crippen LogP contribution is -2.18. The Morgan fingerprint density at radius 2 is 2.12 bits per heavy atom. The highest BCUT2D eigenvalue weighted by Crippen LogP contribution is 2.32. The van der Waals surface area contributed by atoms with Gasteiger partial charge in [-0.3, -0.25) is 4.79 Å². The summed E-state index contributed by atoms with van der Waals surface area (Å²) in [5, 5.41) is 0. The van der Waals surface area contributed by atoms with Crippen LogP contribution in [0, 0.1) is 5.92 Å². The molecule has 2 rings (SSSR count). The lowest BCUT2D eigenvalue weighted by Gasteiger charge is -2.23. The van der Waals surface area contributed by atoms with Gasteiger partial charge in [0.05, 0.1) is 12.7 Å². The van der Waals surface area contributed by atoms with Gasteiger partial charge in [-0.2, -0.15) is 0 Å². The summed E-state index contributed by atoms with van der Waals surface area (Å²) in [6.45, 7) is 4.39. The summed E-state index contributed by atoms with van der Waals surface area (Å²) < 4.78 is 10.7. The second-order valence-electron chi connectivity index (χ2n) is 4.61. The third kappa shape index (κ3) is 3.56. The number of carbonyl (C=O) groups is 1. The normalized spacial score (nSPS) is 21.6. The maximum atomic E-state index is 11.2. The van der Waals surface area contributed by atoms with Crippen LogP contribution in [0.2, 0.25) is 0 Å². The van der Waals surface area contributed by atoms with Gasteiger partial charge in [-0.05, 0) is 17.9 Å². The predicted octanol–water partition coefficient (Wildman–Crippen LogP) is 2.72. The number of hydrogen-bond donors (Lipinski definition) is 0. The molecule has 0 radical (unpaired) electrons. The van der Waals surface area contributed by atoms with E-state index in [-0.39, 0.29) is 18.0 Å². The second kappa shape index (κ2) is 5.32. The third-order valence-electron chi connectivity index (χ3n) is 2.97. The Hall–Kier alpha value is -1.35. The maximum Gasteiger partial charge on any atom is 0.303 e. The smallest absolute Gasteiger partial charge is 0.303 e.